The van der Waals surface area contributed by atoms with Crippen molar-refractivity contribution in [2.45, 2.75) is 31.7 Å². The van der Waals surface area contributed by atoms with Gasteiger partial charge in [0.05, 0.1) is 18.2 Å². The molecule has 2 saturated heterocycles. The van der Waals surface area contributed by atoms with Gasteiger partial charge in [-0.1, -0.05) is 0 Å². The predicted octanol–water partition coefficient (Wildman–Crippen LogP) is 3.05. The number of benzene rings is 1. The second-order valence-corrected chi connectivity index (χ2v) is 10.1. The summed E-state index contributed by atoms with van der Waals surface area (Å²) in [7, 11) is 3.30. The Kier molecular flexibility index (Phi) is 6.04. The zero-order chi connectivity index (χ0) is 24.7. The van der Waals surface area contributed by atoms with Gasteiger partial charge in [-0.3, -0.25) is 19.7 Å². The highest BCUT2D eigenvalue weighted by atomic mass is 16.6. The number of carbonyl (C=O) groups is 1. The smallest absolute Gasteiger partial charge is 0.407 e. The summed E-state index contributed by atoms with van der Waals surface area (Å²) in [6.45, 7) is 4.57. The molecule has 188 valence electrons. The predicted molar refractivity (Wildman–Crippen MR) is 130 cm³/mol. The molecule has 2 aromatic rings. The van der Waals surface area contributed by atoms with Crippen LogP contribution in [0.3, 0.4) is 0 Å². The zero-order valence-corrected chi connectivity index (χ0v) is 20.2. The van der Waals surface area contributed by atoms with Crippen molar-refractivity contribution in [1.82, 2.24) is 19.6 Å². The Morgan fingerprint density at radius 1 is 1.17 bits per heavy atom. The Balaban J connectivity index is 1.28. The molecule has 3 heterocycles. The van der Waals surface area contributed by atoms with Gasteiger partial charge in [-0.2, -0.15) is 5.10 Å². The van der Waals surface area contributed by atoms with Crippen molar-refractivity contribution in [2.24, 2.45) is 12.5 Å². The topological polar surface area (TPSA) is 117 Å². The third-order valence-electron chi connectivity index (χ3n) is 8.11. The fourth-order valence-electron chi connectivity index (χ4n) is 6.02. The van der Waals surface area contributed by atoms with E-state index in [0.717, 1.165) is 68.7 Å². The van der Waals surface area contributed by atoms with Crippen LogP contribution in [0.5, 0.6) is 5.75 Å². The molecule has 1 aromatic heterocycles. The molecule has 3 aliphatic rings. The van der Waals surface area contributed by atoms with Crippen molar-refractivity contribution >= 4 is 17.5 Å². The van der Waals surface area contributed by atoms with E-state index in [1.807, 2.05) is 13.2 Å². The number of rotatable bonds is 5. The summed E-state index contributed by atoms with van der Waals surface area (Å²) in [6, 6.07) is 3.94. The van der Waals surface area contributed by atoms with Crippen LogP contribution in [-0.4, -0.2) is 88.1 Å². The van der Waals surface area contributed by atoms with E-state index in [4.69, 9.17) is 4.74 Å². The van der Waals surface area contributed by atoms with Crippen molar-refractivity contribution in [3.8, 4) is 16.9 Å². The highest BCUT2D eigenvalue weighted by Gasteiger charge is 2.48. The Bertz CT molecular complexity index is 1110. The molecule has 1 aromatic carbocycles. The monoisotopic (exact) mass is 484 g/mol. The molecule has 2 aliphatic heterocycles. The van der Waals surface area contributed by atoms with Crippen molar-refractivity contribution in [3.05, 3.63) is 34.6 Å². The lowest BCUT2D eigenvalue weighted by Gasteiger charge is -2.56. The van der Waals surface area contributed by atoms with Crippen LogP contribution in [0.15, 0.2) is 24.5 Å². The summed E-state index contributed by atoms with van der Waals surface area (Å²) in [6.07, 6.45) is 7.26. The first-order valence-corrected chi connectivity index (χ1v) is 12.1. The Hall–Kier alpha value is -3.34. The lowest BCUT2D eigenvalue weighted by atomic mass is 9.60. The summed E-state index contributed by atoms with van der Waals surface area (Å²) in [5, 5.41) is 25.1. The molecular weight excluding hydrogens is 452 g/mol. The molecular formula is C24H32N6O5. The minimum Gasteiger partial charge on any atom is -0.490 e. The van der Waals surface area contributed by atoms with E-state index >= 15 is 0 Å². The van der Waals surface area contributed by atoms with Gasteiger partial charge < -0.3 is 19.6 Å². The fourth-order valence-corrected chi connectivity index (χ4v) is 6.02. The number of hydrogen-bond acceptors (Lipinski definition) is 7. The Morgan fingerprint density at radius 2 is 1.86 bits per heavy atom. The number of nitrogens with zero attached hydrogens (tertiary/aromatic N) is 6. The van der Waals surface area contributed by atoms with Crippen LogP contribution in [0.25, 0.3) is 11.1 Å². The van der Waals surface area contributed by atoms with Gasteiger partial charge in [-0.05, 0) is 31.1 Å². The molecule has 0 bridgehead atoms. The van der Waals surface area contributed by atoms with E-state index in [1.54, 1.807) is 23.0 Å². The molecule has 11 nitrogen and oxygen atoms in total. The second kappa shape index (κ2) is 9.03. The first kappa shape index (κ1) is 23.4. The maximum Gasteiger partial charge on any atom is 0.407 e. The molecule has 1 amide bonds. The van der Waals surface area contributed by atoms with Gasteiger partial charge in [0.25, 0.3) is 0 Å². The zero-order valence-electron chi connectivity index (χ0n) is 20.2. The first-order chi connectivity index (χ1) is 16.8. The number of hydrogen-bond donors (Lipinski definition) is 1. The summed E-state index contributed by atoms with van der Waals surface area (Å²) in [5.41, 5.74) is 2.87. The van der Waals surface area contributed by atoms with Gasteiger partial charge in [-0.15, -0.1) is 0 Å². The Labute approximate surface area is 204 Å². The molecule has 11 heteroatoms. The molecule has 5 rings (SSSR count). The van der Waals surface area contributed by atoms with Crippen LogP contribution < -0.4 is 9.64 Å². The molecule has 1 saturated carbocycles. The normalized spacial score (nSPS) is 20.6. The number of aromatic nitrogens is 2. The highest BCUT2D eigenvalue weighted by Crippen LogP contribution is 2.52. The van der Waals surface area contributed by atoms with Crippen molar-refractivity contribution < 1.29 is 19.6 Å². The summed E-state index contributed by atoms with van der Waals surface area (Å²) >= 11 is 0. The van der Waals surface area contributed by atoms with E-state index in [1.165, 1.54) is 12.0 Å². The minimum absolute atomic E-state index is 0.0478. The van der Waals surface area contributed by atoms with E-state index in [-0.39, 0.29) is 11.4 Å². The standard InChI is InChI=1S/C24H32N6O5/c1-26-16-17(15-25-26)19-11-21(30(33)34)22(35-2)12-20(19)28-5-3-24(4-6-28)13-18(14-24)27-7-9-29(10-8-27)23(31)32/h11-12,15-16,18H,3-10,13-14H2,1-2H3,(H,31,32). The van der Waals surface area contributed by atoms with Crippen LogP contribution in [0.4, 0.5) is 16.2 Å². The fraction of sp³-hybridized carbons (Fsp3) is 0.583. The number of piperazine rings is 1. The van der Waals surface area contributed by atoms with Crippen molar-refractivity contribution in [1.29, 1.82) is 0 Å². The molecule has 0 atom stereocenters. The number of piperidine rings is 1. The van der Waals surface area contributed by atoms with Crippen LogP contribution in [0, 0.1) is 15.5 Å². The second-order valence-electron chi connectivity index (χ2n) is 10.1. The van der Waals surface area contributed by atoms with Gasteiger partial charge >= 0.3 is 11.8 Å². The number of nitro groups is 1. The average molecular weight is 485 g/mol. The number of aryl methyl sites for hydroxylation is 1. The van der Waals surface area contributed by atoms with Crippen molar-refractivity contribution in [2.75, 3.05) is 51.3 Å². The van der Waals surface area contributed by atoms with Crippen LogP contribution in [0.1, 0.15) is 25.7 Å². The van der Waals surface area contributed by atoms with Gasteiger partial charge in [0, 0.05) is 87.5 Å². The molecule has 1 spiro atoms. The number of carboxylic acid groups (broad SMARTS) is 1. The number of methoxy groups -OCH3 is 1. The maximum atomic E-state index is 11.7. The number of amides is 1. The van der Waals surface area contributed by atoms with Gasteiger partial charge in [0.15, 0.2) is 5.75 Å². The Morgan fingerprint density at radius 3 is 2.40 bits per heavy atom. The van der Waals surface area contributed by atoms with Gasteiger partial charge in [0.1, 0.15) is 0 Å². The van der Waals surface area contributed by atoms with Crippen LogP contribution >= 0.6 is 0 Å². The van der Waals surface area contributed by atoms with Crippen molar-refractivity contribution in [3.63, 3.8) is 0 Å². The third-order valence-corrected chi connectivity index (χ3v) is 8.11. The highest BCUT2D eigenvalue weighted by molar-refractivity contribution is 5.82. The van der Waals surface area contributed by atoms with E-state index in [2.05, 4.69) is 14.9 Å². The lowest BCUT2D eigenvalue weighted by Crippen LogP contribution is -2.59. The third kappa shape index (κ3) is 4.40. The molecule has 35 heavy (non-hydrogen) atoms. The molecule has 3 fully saturated rings. The van der Waals surface area contributed by atoms with Crippen LogP contribution in [0.2, 0.25) is 0 Å². The number of ether oxygens (including phenoxy) is 1. The molecule has 1 N–H and O–H groups in total. The largest absolute Gasteiger partial charge is 0.490 e. The number of anilines is 1. The lowest BCUT2D eigenvalue weighted by molar-refractivity contribution is -0.385. The summed E-state index contributed by atoms with van der Waals surface area (Å²) < 4.78 is 7.08. The quantitative estimate of drug-likeness (QED) is 0.508. The molecule has 0 unspecified atom stereocenters. The average Bonchev–Trinajstić information content (AvgIpc) is 3.27. The van der Waals surface area contributed by atoms with E-state index < -0.39 is 11.0 Å². The first-order valence-electron chi connectivity index (χ1n) is 12.1. The van der Waals surface area contributed by atoms with Crippen LogP contribution in [-0.2, 0) is 7.05 Å². The summed E-state index contributed by atoms with van der Waals surface area (Å²) in [5.74, 6) is 0.266. The van der Waals surface area contributed by atoms with Gasteiger partial charge in [0.2, 0.25) is 0 Å². The van der Waals surface area contributed by atoms with E-state index in [9.17, 15) is 20.0 Å². The SMILES string of the molecule is COc1cc(N2CCC3(CC2)CC(N2CCN(C(=O)O)CC2)C3)c(-c2cnn(C)c2)cc1[N+](=O)[O-]. The molecule has 0 radical (unpaired) electrons. The molecule has 1 aliphatic carbocycles. The minimum atomic E-state index is -0.823. The number of nitro benzene ring substituents is 1. The van der Waals surface area contributed by atoms with E-state index in [0.29, 0.717) is 24.5 Å². The maximum absolute atomic E-state index is 11.7. The van der Waals surface area contributed by atoms with Gasteiger partial charge in [-0.25, -0.2) is 4.79 Å². The summed E-state index contributed by atoms with van der Waals surface area (Å²) in [4.78, 5) is 28.7.